The number of aromatic nitrogens is 1. The number of fused-ring (bicyclic) bond motifs is 1. The van der Waals surface area contributed by atoms with Crippen molar-refractivity contribution in [2.24, 2.45) is 0 Å². The van der Waals surface area contributed by atoms with Crippen LogP contribution in [0.5, 0.6) is 0 Å². The van der Waals surface area contributed by atoms with Gasteiger partial charge in [0.25, 0.3) is 5.91 Å². The van der Waals surface area contributed by atoms with Crippen LogP contribution in [-0.4, -0.2) is 40.5 Å². The van der Waals surface area contributed by atoms with Gasteiger partial charge in [-0.05, 0) is 23.8 Å². The predicted molar refractivity (Wildman–Crippen MR) is 105 cm³/mol. The number of benzene rings is 2. The fourth-order valence-corrected chi connectivity index (χ4v) is 3.08. The number of amides is 2. The smallest absolute Gasteiger partial charge is 0.336 e. The summed E-state index contributed by atoms with van der Waals surface area (Å²) < 4.78 is 0. The minimum atomic E-state index is -1.24. The number of carbonyl (C=O) groups is 3. The van der Waals surface area contributed by atoms with E-state index >= 15 is 0 Å². The van der Waals surface area contributed by atoms with Crippen molar-refractivity contribution in [1.29, 1.82) is 5.26 Å². The number of nitrogens with one attached hydrogen (secondary N) is 3. The highest BCUT2D eigenvalue weighted by Crippen LogP contribution is 2.19. The van der Waals surface area contributed by atoms with Crippen molar-refractivity contribution in [3.8, 4) is 6.07 Å². The zero-order valence-electron chi connectivity index (χ0n) is 15.3. The number of carbonyl (C=O) groups excluding carboxylic acids is 2. The molecule has 8 nitrogen and oxygen atoms in total. The highest BCUT2D eigenvalue weighted by molar-refractivity contribution is 6.06. The van der Waals surface area contributed by atoms with Crippen LogP contribution in [0.2, 0.25) is 0 Å². The first-order valence-corrected chi connectivity index (χ1v) is 8.84. The summed E-state index contributed by atoms with van der Waals surface area (Å²) in [6, 6.07) is 14.1. The maximum Gasteiger partial charge on any atom is 0.336 e. The van der Waals surface area contributed by atoms with Gasteiger partial charge in [-0.25, -0.2) is 4.79 Å². The van der Waals surface area contributed by atoms with Gasteiger partial charge in [-0.2, -0.15) is 5.26 Å². The molecule has 1 heterocycles. The first-order chi connectivity index (χ1) is 14.0. The Bertz CT molecular complexity index is 1110. The van der Waals surface area contributed by atoms with Gasteiger partial charge in [0.15, 0.2) is 0 Å². The lowest BCUT2D eigenvalue weighted by Gasteiger charge is -2.18. The van der Waals surface area contributed by atoms with Crippen molar-refractivity contribution in [1.82, 2.24) is 15.6 Å². The number of H-pyrrole nitrogens is 1. The van der Waals surface area contributed by atoms with E-state index in [0.29, 0.717) is 0 Å². The summed E-state index contributed by atoms with van der Waals surface area (Å²) in [7, 11) is 0. The van der Waals surface area contributed by atoms with Crippen LogP contribution in [0.1, 0.15) is 26.3 Å². The third-order valence-electron chi connectivity index (χ3n) is 4.46. The van der Waals surface area contributed by atoms with E-state index in [0.717, 1.165) is 16.5 Å². The van der Waals surface area contributed by atoms with E-state index in [1.807, 2.05) is 30.3 Å². The van der Waals surface area contributed by atoms with Gasteiger partial charge in [0.05, 0.1) is 17.2 Å². The fraction of sp³-hybridized carbons (Fsp3) is 0.143. The van der Waals surface area contributed by atoms with E-state index in [9.17, 15) is 19.5 Å². The number of aromatic carboxylic acids is 1. The quantitative estimate of drug-likeness (QED) is 0.457. The third-order valence-corrected chi connectivity index (χ3v) is 4.46. The van der Waals surface area contributed by atoms with Crippen LogP contribution in [0.3, 0.4) is 0 Å². The van der Waals surface area contributed by atoms with Gasteiger partial charge in [-0.1, -0.05) is 30.3 Å². The van der Waals surface area contributed by atoms with Gasteiger partial charge in [0.2, 0.25) is 5.91 Å². The number of rotatable bonds is 7. The lowest BCUT2D eigenvalue weighted by Crippen LogP contribution is -2.48. The Morgan fingerprint density at radius 3 is 2.48 bits per heavy atom. The Hall–Kier alpha value is -4.12. The second-order valence-electron chi connectivity index (χ2n) is 6.32. The molecule has 0 saturated heterocycles. The first kappa shape index (κ1) is 19.6. The molecule has 146 valence electrons. The molecule has 8 heteroatoms. The minimum absolute atomic E-state index is 0.0444. The van der Waals surface area contributed by atoms with Crippen LogP contribution in [0.25, 0.3) is 10.9 Å². The van der Waals surface area contributed by atoms with Crippen molar-refractivity contribution in [3.63, 3.8) is 0 Å². The Morgan fingerprint density at radius 2 is 1.76 bits per heavy atom. The molecule has 3 aromatic rings. The van der Waals surface area contributed by atoms with Gasteiger partial charge in [0.1, 0.15) is 12.6 Å². The molecule has 0 saturated carbocycles. The Morgan fingerprint density at radius 1 is 1.07 bits per heavy atom. The number of aromatic amines is 1. The van der Waals surface area contributed by atoms with Crippen LogP contribution >= 0.6 is 0 Å². The molecular weight excluding hydrogens is 372 g/mol. The van der Waals surface area contributed by atoms with Gasteiger partial charge in [-0.15, -0.1) is 0 Å². The normalized spacial score (nSPS) is 11.4. The fourth-order valence-electron chi connectivity index (χ4n) is 3.08. The predicted octanol–water partition coefficient (Wildman–Crippen LogP) is 1.85. The van der Waals surface area contributed by atoms with Crippen LogP contribution < -0.4 is 10.6 Å². The van der Waals surface area contributed by atoms with E-state index in [2.05, 4.69) is 15.6 Å². The maximum absolute atomic E-state index is 12.7. The molecule has 1 unspecified atom stereocenters. The summed E-state index contributed by atoms with van der Waals surface area (Å²) in [5.74, 6) is -2.45. The van der Waals surface area contributed by atoms with Crippen molar-refractivity contribution < 1.29 is 19.5 Å². The number of carboxylic acid groups (broad SMARTS) is 1. The maximum atomic E-state index is 12.7. The summed E-state index contributed by atoms with van der Waals surface area (Å²) in [6.07, 6.45) is 1.93. The van der Waals surface area contributed by atoms with Crippen LogP contribution in [0.15, 0.2) is 54.7 Å². The van der Waals surface area contributed by atoms with Crippen LogP contribution in [-0.2, 0) is 11.2 Å². The summed E-state index contributed by atoms with van der Waals surface area (Å²) in [4.78, 5) is 39.8. The second kappa shape index (κ2) is 8.71. The summed E-state index contributed by atoms with van der Waals surface area (Å²) in [5.41, 5.74) is 1.50. The van der Waals surface area contributed by atoms with E-state index < -0.39 is 23.8 Å². The molecule has 0 aliphatic heterocycles. The van der Waals surface area contributed by atoms with Crippen molar-refractivity contribution in [2.45, 2.75) is 12.5 Å². The number of nitriles is 1. The molecule has 4 N–H and O–H groups in total. The molecule has 29 heavy (non-hydrogen) atoms. The summed E-state index contributed by atoms with van der Waals surface area (Å²) >= 11 is 0. The molecule has 2 amide bonds. The molecule has 2 aromatic carbocycles. The molecule has 0 aliphatic rings. The topological polar surface area (TPSA) is 135 Å². The Labute approximate surface area is 166 Å². The highest BCUT2D eigenvalue weighted by atomic mass is 16.4. The molecule has 0 spiro atoms. The zero-order valence-corrected chi connectivity index (χ0v) is 15.3. The van der Waals surface area contributed by atoms with Gasteiger partial charge < -0.3 is 20.7 Å². The largest absolute Gasteiger partial charge is 0.478 e. The standard InChI is InChI=1S/C21H18N4O4/c22-9-10-23-20(27)18(11-13-12-24-17-8-4-3-5-14(13)17)25-19(26)15-6-1-2-7-16(15)21(28)29/h1-8,12,18,24H,10-11H2,(H,23,27)(H,25,26)(H,28,29). The van der Waals surface area contributed by atoms with E-state index in [1.54, 1.807) is 12.3 Å². The molecule has 0 aliphatic carbocycles. The van der Waals surface area contributed by atoms with Crippen LogP contribution in [0, 0.1) is 11.3 Å². The first-order valence-electron chi connectivity index (χ1n) is 8.84. The average molecular weight is 390 g/mol. The number of para-hydroxylation sites is 1. The van der Waals surface area contributed by atoms with E-state index in [1.165, 1.54) is 18.2 Å². The number of hydrogen-bond donors (Lipinski definition) is 4. The Kier molecular flexibility index (Phi) is 5.90. The number of hydrogen-bond acceptors (Lipinski definition) is 4. The molecule has 0 radical (unpaired) electrons. The molecular formula is C21H18N4O4. The monoisotopic (exact) mass is 390 g/mol. The average Bonchev–Trinajstić information content (AvgIpc) is 3.14. The third kappa shape index (κ3) is 4.42. The van der Waals surface area contributed by atoms with Crippen molar-refractivity contribution in [2.75, 3.05) is 6.54 Å². The molecule has 0 fully saturated rings. The summed E-state index contributed by atoms with van der Waals surface area (Å²) in [6.45, 7) is -0.204. The molecule has 3 rings (SSSR count). The lowest BCUT2D eigenvalue weighted by atomic mass is 10.0. The Balaban J connectivity index is 1.88. The van der Waals surface area contributed by atoms with Crippen molar-refractivity contribution in [3.05, 3.63) is 71.4 Å². The molecule has 1 aromatic heterocycles. The van der Waals surface area contributed by atoms with Gasteiger partial charge >= 0.3 is 5.97 Å². The number of carboxylic acids is 1. The van der Waals surface area contributed by atoms with Crippen molar-refractivity contribution >= 4 is 28.7 Å². The summed E-state index contributed by atoms with van der Waals surface area (Å²) in [5, 5.41) is 24.0. The minimum Gasteiger partial charge on any atom is -0.478 e. The molecule has 1 atom stereocenters. The van der Waals surface area contributed by atoms with E-state index in [-0.39, 0.29) is 24.1 Å². The van der Waals surface area contributed by atoms with E-state index in [4.69, 9.17) is 5.26 Å². The number of nitrogens with zero attached hydrogens (tertiary/aromatic N) is 1. The lowest BCUT2D eigenvalue weighted by molar-refractivity contribution is -0.122. The van der Waals surface area contributed by atoms with Gasteiger partial charge in [-0.3, -0.25) is 9.59 Å². The van der Waals surface area contributed by atoms with Gasteiger partial charge in [0, 0.05) is 23.5 Å². The molecule has 0 bridgehead atoms. The second-order valence-corrected chi connectivity index (χ2v) is 6.32. The SMILES string of the molecule is N#CCNC(=O)C(Cc1c[nH]c2ccccc12)NC(=O)c1ccccc1C(=O)O. The van der Waals surface area contributed by atoms with Crippen LogP contribution in [0.4, 0.5) is 0 Å². The highest BCUT2D eigenvalue weighted by Gasteiger charge is 2.25. The zero-order chi connectivity index (χ0) is 20.8.